The van der Waals surface area contributed by atoms with Crippen LogP contribution in [0.15, 0.2) is 24.3 Å². The number of aliphatic hydroxyl groups excluding tert-OH is 1. The third kappa shape index (κ3) is 2.89. The van der Waals surface area contributed by atoms with Crippen LogP contribution in [0.4, 0.5) is 0 Å². The Balaban J connectivity index is 2.11. The molecule has 1 heterocycles. The van der Waals surface area contributed by atoms with Crippen molar-refractivity contribution < 1.29 is 23.0 Å². The SMILES string of the molecule is COc1cccc(OC2CS(=O)(=O)CC2O)c1. The molecule has 2 rings (SSSR count). The van der Waals surface area contributed by atoms with Crippen LogP contribution in [0.2, 0.25) is 0 Å². The summed E-state index contributed by atoms with van der Waals surface area (Å²) in [5, 5.41) is 9.58. The topological polar surface area (TPSA) is 72.8 Å². The second-order valence-corrected chi connectivity index (χ2v) is 6.13. The molecule has 1 aliphatic heterocycles. The van der Waals surface area contributed by atoms with E-state index < -0.39 is 22.0 Å². The number of benzene rings is 1. The molecule has 0 saturated carbocycles. The van der Waals surface area contributed by atoms with Gasteiger partial charge in [-0.1, -0.05) is 6.07 Å². The number of rotatable bonds is 3. The molecule has 0 amide bonds. The first-order chi connectivity index (χ1) is 8.00. The molecule has 2 atom stereocenters. The van der Waals surface area contributed by atoms with Crippen LogP contribution >= 0.6 is 0 Å². The lowest BCUT2D eigenvalue weighted by molar-refractivity contribution is 0.0736. The highest BCUT2D eigenvalue weighted by Gasteiger charge is 2.38. The molecular weight excluding hydrogens is 244 g/mol. The van der Waals surface area contributed by atoms with Crippen molar-refractivity contribution in [1.29, 1.82) is 0 Å². The third-order valence-electron chi connectivity index (χ3n) is 2.60. The molecule has 0 bridgehead atoms. The van der Waals surface area contributed by atoms with Crippen molar-refractivity contribution in [2.45, 2.75) is 12.2 Å². The van der Waals surface area contributed by atoms with Crippen LogP contribution in [-0.4, -0.2) is 44.3 Å². The predicted octanol–water partition coefficient (Wildman–Crippen LogP) is 0.232. The first-order valence-electron chi connectivity index (χ1n) is 5.19. The normalized spacial score (nSPS) is 26.7. The van der Waals surface area contributed by atoms with Gasteiger partial charge in [0.1, 0.15) is 23.7 Å². The number of methoxy groups -OCH3 is 1. The van der Waals surface area contributed by atoms with E-state index in [-0.39, 0.29) is 11.5 Å². The molecule has 94 valence electrons. The molecule has 2 unspecified atom stereocenters. The van der Waals surface area contributed by atoms with Gasteiger partial charge in [-0.25, -0.2) is 8.42 Å². The molecule has 1 N–H and O–H groups in total. The lowest BCUT2D eigenvalue weighted by Crippen LogP contribution is -2.29. The van der Waals surface area contributed by atoms with E-state index in [4.69, 9.17) is 9.47 Å². The number of hydrogen-bond donors (Lipinski definition) is 1. The predicted molar refractivity (Wildman–Crippen MR) is 62.1 cm³/mol. The van der Waals surface area contributed by atoms with Crippen LogP contribution in [0.25, 0.3) is 0 Å². The number of hydrogen-bond acceptors (Lipinski definition) is 5. The summed E-state index contributed by atoms with van der Waals surface area (Å²) in [5.74, 6) is 0.732. The second kappa shape index (κ2) is 4.54. The van der Waals surface area contributed by atoms with E-state index in [1.807, 2.05) is 0 Å². The fraction of sp³-hybridized carbons (Fsp3) is 0.455. The van der Waals surface area contributed by atoms with Crippen LogP contribution in [0.1, 0.15) is 0 Å². The van der Waals surface area contributed by atoms with Gasteiger partial charge in [-0.15, -0.1) is 0 Å². The van der Waals surface area contributed by atoms with Crippen molar-refractivity contribution >= 4 is 9.84 Å². The lowest BCUT2D eigenvalue weighted by Gasteiger charge is -2.15. The smallest absolute Gasteiger partial charge is 0.156 e. The summed E-state index contributed by atoms with van der Waals surface area (Å²) in [5.41, 5.74) is 0. The van der Waals surface area contributed by atoms with E-state index in [1.165, 1.54) is 7.11 Å². The molecule has 1 aromatic carbocycles. The van der Waals surface area contributed by atoms with E-state index >= 15 is 0 Å². The Kier molecular flexibility index (Phi) is 3.26. The summed E-state index contributed by atoms with van der Waals surface area (Å²) in [6, 6.07) is 6.84. The van der Waals surface area contributed by atoms with Crippen molar-refractivity contribution in [2.75, 3.05) is 18.6 Å². The monoisotopic (exact) mass is 258 g/mol. The van der Waals surface area contributed by atoms with Gasteiger partial charge >= 0.3 is 0 Å². The van der Waals surface area contributed by atoms with Crippen molar-refractivity contribution in [3.63, 3.8) is 0 Å². The van der Waals surface area contributed by atoms with Gasteiger partial charge in [0.15, 0.2) is 9.84 Å². The molecule has 1 saturated heterocycles. The lowest BCUT2D eigenvalue weighted by atomic mass is 10.2. The fourth-order valence-electron chi connectivity index (χ4n) is 1.76. The Morgan fingerprint density at radius 1 is 1.29 bits per heavy atom. The van der Waals surface area contributed by atoms with Crippen LogP contribution in [0, 0.1) is 0 Å². The van der Waals surface area contributed by atoms with E-state index in [9.17, 15) is 13.5 Å². The van der Waals surface area contributed by atoms with E-state index in [0.29, 0.717) is 11.5 Å². The standard InChI is InChI=1S/C11H14O5S/c1-15-8-3-2-4-9(5-8)16-11-7-17(13,14)6-10(11)12/h2-5,10-12H,6-7H2,1H3. The molecule has 17 heavy (non-hydrogen) atoms. The maximum atomic E-state index is 11.3. The largest absolute Gasteiger partial charge is 0.497 e. The molecule has 0 radical (unpaired) electrons. The molecule has 6 heteroatoms. The second-order valence-electron chi connectivity index (χ2n) is 3.98. The van der Waals surface area contributed by atoms with E-state index in [0.717, 1.165) is 0 Å². The molecule has 1 aromatic rings. The minimum atomic E-state index is -3.19. The quantitative estimate of drug-likeness (QED) is 0.840. The van der Waals surface area contributed by atoms with Crippen molar-refractivity contribution in [3.8, 4) is 11.5 Å². The number of ether oxygens (including phenoxy) is 2. The van der Waals surface area contributed by atoms with Crippen LogP contribution in [0.3, 0.4) is 0 Å². The van der Waals surface area contributed by atoms with Gasteiger partial charge in [-0.3, -0.25) is 0 Å². The van der Waals surface area contributed by atoms with Gasteiger partial charge in [0.2, 0.25) is 0 Å². The summed E-state index contributed by atoms with van der Waals surface area (Å²) in [7, 11) is -1.65. The Bertz CT molecular complexity index is 496. The van der Waals surface area contributed by atoms with Crippen LogP contribution in [0.5, 0.6) is 11.5 Å². The zero-order valence-corrected chi connectivity index (χ0v) is 10.2. The number of sulfone groups is 1. The molecule has 0 aromatic heterocycles. The average molecular weight is 258 g/mol. The summed E-state index contributed by atoms with van der Waals surface area (Å²) in [4.78, 5) is 0. The fourth-order valence-corrected chi connectivity index (χ4v) is 3.42. The van der Waals surface area contributed by atoms with Gasteiger partial charge in [0, 0.05) is 6.07 Å². The van der Waals surface area contributed by atoms with Crippen molar-refractivity contribution in [2.24, 2.45) is 0 Å². The maximum absolute atomic E-state index is 11.3. The van der Waals surface area contributed by atoms with Crippen molar-refractivity contribution in [3.05, 3.63) is 24.3 Å². The highest BCUT2D eigenvalue weighted by atomic mass is 32.2. The molecule has 0 aliphatic carbocycles. The Labute approximate surface area is 99.9 Å². The number of aliphatic hydroxyl groups is 1. The molecular formula is C11H14O5S. The van der Waals surface area contributed by atoms with Gasteiger partial charge in [0.05, 0.1) is 18.6 Å². The molecule has 1 aliphatic rings. The Morgan fingerprint density at radius 3 is 2.59 bits per heavy atom. The van der Waals surface area contributed by atoms with E-state index in [2.05, 4.69) is 0 Å². The zero-order chi connectivity index (χ0) is 12.5. The first kappa shape index (κ1) is 12.2. The molecule has 0 spiro atoms. The average Bonchev–Trinajstić information content (AvgIpc) is 2.52. The minimum absolute atomic E-state index is 0.147. The van der Waals surface area contributed by atoms with Crippen molar-refractivity contribution in [1.82, 2.24) is 0 Å². The first-order valence-corrected chi connectivity index (χ1v) is 7.01. The van der Waals surface area contributed by atoms with Gasteiger partial charge < -0.3 is 14.6 Å². The van der Waals surface area contributed by atoms with E-state index in [1.54, 1.807) is 24.3 Å². The van der Waals surface area contributed by atoms with Crippen LogP contribution in [-0.2, 0) is 9.84 Å². The minimum Gasteiger partial charge on any atom is -0.497 e. The molecule has 5 nitrogen and oxygen atoms in total. The van der Waals surface area contributed by atoms with Gasteiger partial charge in [0.25, 0.3) is 0 Å². The third-order valence-corrected chi connectivity index (χ3v) is 4.29. The maximum Gasteiger partial charge on any atom is 0.156 e. The van der Waals surface area contributed by atoms with Gasteiger partial charge in [-0.05, 0) is 12.1 Å². The highest BCUT2D eigenvalue weighted by molar-refractivity contribution is 7.91. The Hall–Kier alpha value is -1.27. The highest BCUT2D eigenvalue weighted by Crippen LogP contribution is 2.23. The summed E-state index contributed by atoms with van der Waals surface area (Å²) in [6.45, 7) is 0. The molecule has 1 fully saturated rings. The zero-order valence-electron chi connectivity index (χ0n) is 9.37. The summed E-state index contributed by atoms with van der Waals surface area (Å²) >= 11 is 0. The summed E-state index contributed by atoms with van der Waals surface area (Å²) in [6.07, 6.45) is -1.67. The van der Waals surface area contributed by atoms with Gasteiger partial charge in [-0.2, -0.15) is 0 Å². The Morgan fingerprint density at radius 2 is 2.00 bits per heavy atom. The van der Waals surface area contributed by atoms with Crippen LogP contribution < -0.4 is 9.47 Å². The summed E-state index contributed by atoms with van der Waals surface area (Å²) < 4.78 is 33.1.